The van der Waals surface area contributed by atoms with E-state index in [9.17, 15) is 0 Å². The average Bonchev–Trinajstić information content (AvgIpc) is 2.45. The Morgan fingerprint density at radius 2 is 2.05 bits per heavy atom. The number of aryl methyl sites for hydroxylation is 1. The van der Waals surface area contributed by atoms with Gasteiger partial charge >= 0.3 is 0 Å². The lowest BCUT2D eigenvalue weighted by atomic mass is 9.95. The Morgan fingerprint density at radius 1 is 1.32 bits per heavy atom. The van der Waals surface area contributed by atoms with Gasteiger partial charge in [-0.3, -0.25) is 0 Å². The number of benzene rings is 1. The van der Waals surface area contributed by atoms with Crippen molar-refractivity contribution in [2.24, 2.45) is 0 Å². The lowest BCUT2D eigenvalue weighted by Gasteiger charge is -2.28. The van der Waals surface area contributed by atoms with Crippen LogP contribution in [0.5, 0.6) is 5.75 Å². The van der Waals surface area contributed by atoms with Gasteiger partial charge in [-0.15, -0.1) is 0 Å². The van der Waals surface area contributed by atoms with E-state index in [1.54, 1.807) is 7.11 Å². The third-order valence-electron chi connectivity index (χ3n) is 4.08. The van der Waals surface area contributed by atoms with E-state index in [0.717, 1.165) is 18.8 Å². The van der Waals surface area contributed by atoms with Crippen LogP contribution in [0.1, 0.15) is 30.4 Å². The minimum absolute atomic E-state index is 0.611. The Labute approximate surface area is 116 Å². The van der Waals surface area contributed by atoms with Gasteiger partial charge in [0.25, 0.3) is 0 Å². The van der Waals surface area contributed by atoms with Crippen LogP contribution in [0, 0.1) is 6.92 Å². The SMILES string of the molecule is COc1ccc(C(C)CCN2CCNCC2)cc1C. The van der Waals surface area contributed by atoms with Gasteiger partial charge in [-0.1, -0.05) is 19.1 Å². The van der Waals surface area contributed by atoms with Gasteiger partial charge in [0.15, 0.2) is 0 Å². The van der Waals surface area contributed by atoms with Crippen LogP contribution in [-0.4, -0.2) is 44.7 Å². The van der Waals surface area contributed by atoms with E-state index >= 15 is 0 Å². The molecule has 19 heavy (non-hydrogen) atoms. The summed E-state index contributed by atoms with van der Waals surface area (Å²) < 4.78 is 5.32. The van der Waals surface area contributed by atoms with Crippen molar-refractivity contribution < 1.29 is 4.74 Å². The number of ether oxygens (including phenoxy) is 1. The highest BCUT2D eigenvalue weighted by Crippen LogP contribution is 2.25. The van der Waals surface area contributed by atoms with Crippen molar-refractivity contribution in [3.63, 3.8) is 0 Å². The summed E-state index contributed by atoms with van der Waals surface area (Å²) in [6.45, 7) is 10.3. The van der Waals surface area contributed by atoms with E-state index in [1.165, 1.54) is 37.2 Å². The topological polar surface area (TPSA) is 24.5 Å². The highest BCUT2D eigenvalue weighted by Gasteiger charge is 2.12. The predicted molar refractivity (Wildman–Crippen MR) is 80.1 cm³/mol. The summed E-state index contributed by atoms with van der Waals surface area (Å²) in [4.78, 5) is 2.56. The second-order valence-electron chi connectivity index (χ2n) is 5.51. The Morgan fingerprint density at radius 3 is 2.68 bits per heavy atom. The number of nitrogens with zero attached hydrogens (tertiary/aromatic N) is 1. The van der Waals surface area contributed by atoms with E-state index in [0.29, 0.717) is 5.92 Å². The van der Waals surface area contributed by atoms with E-state index in [2.05, 4.69) is 42.3 Å². The molecule has 3 heteroatoms. The summed E-state index contributed by atoms with van der Waals surface area (Å²) >= 11 is 0. The third kappa shape index (κ3) is 3.95. The molecule has 1 fully saturated rings. The fourth-order valence-corrected chi connectivity index (χ4v) is 2.69. The number of rotatable bonds is 5. The molecule has 1 aromatic carbocycles. The lowest BCUT2D eigenvalue weighted by Crippen LogP contribution is -2.43. The minimum atomic E-state index is 0.611. The monoisotopic (exact) mass is 262 g/mol. The Balaban J connectivity index is 1.88. The largest absolute Gasteiger partial charge is 0.496 e. The Kier molecular flexibility index (Phi) is 5.23. The third-order valence-corrected chi connectivity index (χ3v) is 4.08. The molecular weight excluding hydrogens is 236 g/mol. The van der Waals surface area contributed by atoms with Gasteiger partial charge < -0.3 is 15.0 Å². The summed E-state index contributed by atoms with van der Waals surface area (Å²) in [5, 5.41) is 3.40. The van der Waals surface area contributed by atoms with Crippen molar-refractivity contribution in [1.82, 2.24) is 10.2 Å². The molecule has 0 amide bonds. The van der Waals surface area contributed by atoms with Gasteiger partial charge in [0.05, 0.1) is 7.11 Å². The van der Waals surface area contributed by atoms with Gasteiger partial charge in [0, 0.05) is 26.2 Å². The molecule has 1 aliphatic heterocycles. The van der Waals surface area contributed by atoms with Gasteiger partial charge in [-0.25, -0.2) is 0 Å². The maximum Gasteiger partial charge on any atom is 0.121 e. The average molecular weight is 262 g/mol. The van der Waals surface area contributed by atoms with Crippen molar-refractivity contribution in [1.29, 1.82) is 0 Å². The maximum atomic E-state index is 5.32. The van der Waals surface area contributed by atoms with Crippen molar-refractivity contribution in [2.45, 2.75) is 26.2 Å². The van der Waals surface area contributed by atoms with Gasteiger partial charge in [-0.2, -0.15) is 0 Å². The standard InChI is InChI=1S/C16H26N2O/c1-13(6-9-18-10-7-17-8-11-18)15-4-5-16(19-3)14(2)12-15/h4-5,12-13,17H,6-11H2,1-3H3. The van der Waals surface area contributed by atoms with Gasteiger partial charge in [-0.05, 0) is 43.0 Å². The molecule has 1 aliphatic rings. The molecule has 1 saturated heterocycles. The molecule has 1 atom stereocenters. The zero-order valence-electron chi connectivity index (χ0n) is 12.4. The summed E-state index contributed by atoms with van der Waals surface area (Å²) in [6.07, 6.45) is 1.23. The van der Waals surface area contributed by atoms with E-state index < -0.39 is 0 Å². The molecule has 0 radical (unpaired) electrons. The van der Waals surface area contributed by atoms with Crippen LogP contribution >= 0.6 is 0 Å². The number of nitrogens with one attached hydrogen (secondary N) is 1. The molecule has 2 rings (SSSR count). The first-order valence-corrected chi connectivity index (χ1v) is 7.28. The number of hydrogen-bond acceptors (Lipinski definition) is 3. The predicted octanol–water partition coefficient (Wildman–Crippen LogP) is 2.40. The number of piperazine rings is 1. The zero-order chi connectivity index (χ0) is 13.7. The number of methoxy groups -OCH3 is 1. The van der Waals surface area contributed by atoms with Crippen LogP contribution in [-0.2, 0) is 0 Å². The quantitative estimate of drug-likeness (QED) is 0.882. The smallest absolute Gasteiger partial charge is 0.121 e. The second-order valence-corrected chi connectivity index (χ2v) is 5.51. The molecule has 0 saturated carbocycles. The summed E-state index contributed by atoms with van der Waals surface area (Å²) in [5.74, 6) is 1.59. The zero-order valence-corrected chi connectivity index (χ0v) is 12.4. The first-order valence-electron chi connectivity index (χ1n) is 7.28. The highest BCUT2D eigenvalue weighted by atomic mass is 16.5. The van der Waals surface area contributed by atoms with Gasteiger partial charge in [0.2, 0.25) is 0 Å². The molecule has 0 aromatic heterocycles. The molecule has 1 N–H and O–H groups in total. The Hall–Kier alpha value is -1.06. The molecule has 1 unspecified atom stereocenters. The van der Waals surface area contributed by atoms with E-state index in [-0.39, 0.29) is 0 Å². The summed E-state index contributed by atoms with van der Waals surface area (Å²) in [6, 6.07) is 6.56. The van der Waals surface area contributed by atoms with Crippen LogP contribution in [0.15, 0.2) is 18.2 Å². The molecule has 1 heterocycles. The van der Waals surface area contributed by atoms with Crippen LogP contribution < -0.4 is 10.1 Å². The summed E-state index contributed by atoms with van der Waals surface area (Å²) in [7, 11) is 1.73. The van der Waals surface area contributed by atoms with Gasteiger partial charge in [0.1, 0.15) is 5.75 Å². The van der Waals surface area contributed by atoms with Crippen LogP contribution in [0.25, 0.3) is 0 Å². The number of hydrogen-bond donors (Lipinski definition) is 1. The maximum absolute atomic E-state index is 5.32. The first-order chi connectivity index (χ1) is 9.20. The van der Waals surface area contributed by atoms with Crippen molar-refractivity contribution >= 4 is 0 Å². The molecule has 0 bridgehead atoms. The van der Waals surface area contributed by atoms with E-state index in [1.807, 2.05) is 0 Å². The molecule has 0 aliphatic carbocycles. The second kappa shape index (κ2) is 6.92. The summed E-state index contributed by atoms with van der Waals surface area (Å²) in [5.41, 5.74) is 2.66. The molecule has 0 spiro atoms. The van der Waals surface area contributed by atoms with Crippen LogP contribution in [0.2, 0.25) is 0 Å². The minimum Gasteiger partial charge on any atom is -0.496 e. The molecule has 3 nitrogen and oxygen atoms in total. The molecule has 106 valence electrons. The molecular formula is C16H26N2O. The van der Waals surface area contributed by atoms with Crippen molar-refractivity contribution in [3.8, 4) is 5.75 Å². The fourth-order valence-electron chi connectivity index (χ4n) is 2.69. The van der Waals surface area contributed by atoms with Crippen LogP contribution in [0.4, 0.5) is 0 Å². The van der Waals surface area contributed by atoms with Crippen LogP contribution in [0.3, 0.4) is 0 Å². The Bertz CT molecular complexity index is 400. The fraction of sp³-hybridized carbons (Fsp3) is 0.625. The molecule has 1 aromatic rings. The lowest BCUT2D eigenvalue weighted by molar-refractivity contribution is 0.234. The first kappa shape index (κ1) is 14.4. The van der Waals surface area contributed by atoms with E-state index in [4.69, 9.17) is 4.74 Å². The highest BCUT2D eigenvalue weighted by molar-refractivity contribution is 5.37. The van der Waals surface area contributed by atoms with Crippen molar-refractivity contribution in [3.05, 3.63) is 29.3 Å². The van der Waals surface area contributed by atoms with Crippen molar-refractivity contribution in [2.75, 3.05) is 39.8 Å². The normalized spacial score (nSPS) is 18.3.